The maximum absolute atomic E-state index is 13.6. The second kappa shape index (κ2) is 8.30. The van der Waals surface area contributed by atoms with E-state index in [9.17, 15) is 9.18 Å². The summed E-state index contributed by atoms with van der Waals surface area (Å²) < 4.78 is 24.0. The van der Waals surface area contributed by atoms with Crippen molar-refractivity contribution in [3.8, 4) is 5.75 Å². The van der Waals surface area contributed by atoms with Gasteiger partial charge < -0.3 is 9.47 Å². The molecule has 5 nitrogen and oxygen atoms in total. The van der Waals surface area contributed by atoms with Crippen molar-refractivity contribution in [3.63, 3.8) is 0 Å². The number of allylic oxidation sites excluding steroid dienone is 1. The molecule has 0 bridgehead atoms. The molecule has 2 aliphatic rings. The number of fused-ring (bicyclic) bond motifs is 3. The van der Waals surface area contributed by atoms with Crippen molar-refractivity contribution < 1.29 is 18.7 Å². The van der Waals surface area contributed by atoms with Crippen LogP contribution in [0.5, 0.6) is 5.75 Å². The van der Waals surface area contributed by atoms with Gasteiger partial charge in [0, 0.05) is 23.3 Å². The number of methoxy groups -OCH3 is 1. The molecule has 2 aromatic carbocycles. The van der Waals surface area contributed by atoms with E-state index in [2.05, 4.69) is 12.1 Å². The van der Waals surface area contributed by atoms with Gasteiger partial charge in [0.25, 0.3) is 0 Å². The summed E-state index contributed by atoms with van der Waals surface area (Å²) in [6.07, 6.45) is 3.28. The van der Waals surface area contributed by atoms with Crippen molar-refractivity contribution in [3.05, 3.63) is 76.7 Å². The van der Waals surface area contributed by atoms with E-state index >= 15 is 0 Å². The predicted octanol–water partition coefficient (Wildman–Crippen LogP) is 4.62. The van der Waals surface area contributed by atoms with Crippen LogP contribution < -0.4 is 4.74 Å². The lowest BCUT2D eigenvalue weighted by Crippen LogP contribution is -2.28. The number of rotatable bonds is 5. The van der Waals surface area contributed by atoms with E-state index in [1.165, 1.54) is 23.8 Å². The number of carbonyl (C=O) groups is 1. The van der Waals surface area contributed by atoms with E-state index in [4.69, 9.17) is 14.6 Å². The quantitative estimate of drug-likeness (QED) is 0.535. The molecular formula is C24H25FN2O3. The molecule has 156 valence electrons. The summed E-state index contributed by atoms with van der Waals surface area (Å²) in [7, 11) is 1.66. The Kier molecular flexibility index (Phi) is 5.57. The Labute approximate surface area is 175 Å². The Morgan fingerprint density at radius 1 is 1.27 bits per heavy atom. The van der Waals surface area contributed by atoms with Crippen LogP contribution in [0.1, 0.15) is 43.0 Å². The number of hydrogen-bond donors (Lipinski definition) is 0. The lowest BCUT2D eigenvalue weighted by molar-refractivity contribution is -0.137. The van der Waals surface area contributed by atoms with Gasteiger partial charge in [0.2, 0.25) is 0 Å². The third-order valence-electron chi connectivity index (χ3n) is 5.71. The highest BCUT2D eigenvalue weighted by Crippen LogP contribution is 2.45. The number of ether oxygens (including phenoxy) is 2. The fourth-order valence-electron chi connectivity index (χ4n) is 4.34. The lowest BCUT2D eigenvalue weighted by Gasteiger charge is -2.31. The zero-order chi connectivity index (χ0) is 21.3. The molecule has 0 N–H and O–H groups in total. The van der Waals surface area contributed by atoms with Gasteiger partial charge in [-0.2, -0.15) is 5.10 Å². The predicted molar refractivity (Wildman–Crippen MR) is 113 cm³/mol. The van der Waals surface area contributed by atoms with Crippen LogP contribution in [0.25, 0.3) is 0 Å². The molecule has 0 saturated carbocycles. The first-order valence-corrected chi connectivity index (χ1v) is 10.2. The second-order valence-electron chi connectivity index (χ2n) is 7.53. The molecule has 30 heavy (non-hydrogen) atoms. The topological polar surface area (TPSA) is 51.1 Å². The van der Waals surface area contributed by atoms with Crippen LogP contribution in [0.15, 0.2) is 59.3 Å². The number of carbonyl (C=O) groups excluding carboxylic acids is 1. The number of esters is 1. The van der Waals surface area contributed by atoms with E-state index in [1.807, 2.05) is 18.0 Å². The first-order valence-electron chi connectivity index (χ1n) is 10.2. The number of hydrazone groups is 1. The second-order valence-corrected chi connectivity index (χ2v) is 7.53. The van der Waals surface area contributed by atoms with Gasteiger partial charge in [-0.15, -0.1) is 0 Å². The van der Waals surface area contributed by atoms with Gasteiger partial charge in [-0.1, -0.05) is 12.1 Å². The van der Waals surface area contributed by atoms with E-state index in [1.54, 1.807) is 26.2 Å². The van der Waals surface area contributed by atoms with Crippen LogP contribution in [0.3, 0.4) is 0 Å². The molecule has 1 aliphatic carbocycles. The summed E-state index contributed by atoms with van der Waals surface area (Å²) in [5, 5.41) is 6.82. The SMILES string of the molecule is CCOC(=O)/C=C(\C)N1N=C2c3ccc(OC)cc3CC[C@H]2[C@@H]1c1ccc(F)cc1. The smallest absolute Gasteiger partial charge is 0.332 e. The first kappa shape index (κ1) is 20.1. The molecule has 0 fully saturated rings. The maximum Gasteiger partial charge on any atom is 0.332 e. The summed E-state index contributed by atoms with van der Waals surface area (Å²) >= 11 is 0. The van der Waals surface area contributed by atoms with Gasteiger partial charge in [-0.25, -0.2) is 9.18 Å². The van der Waals surface area contributed by atoms with Crippen molar-refractivity contribution in [1.29, 1.82) is 0 Å². The molecule has 4 rings (SSSR count). The van der Waals surface area contributed by atoms with Crippen LogP contribution in [0, 0.1) is 11.7 Å². The normalized spacial score (nSPS) is 20.3. The number of aryl methyl sites for hydroxylation is 1. The Bertz CT molecular complexity index is 1010. The third kappa shape index (κ3) is 3.70. The molecule has 1 heterocycles. The fraction of sp³-hybridized carbons (Fsp3) is 0.333. The van der Waals surface area contributed by atoms with Gasteiger partial charge in [0.1, 0.15) is 11.6 Å². The van der Waals surface area contributed by atoms with Crippen LogP contribution in [-0.4, -0.2) is 30.4 Å². The monoisotopic (exact) mass is 408 g/mol. The zero-order valence-corrected chi connectivity index (χ0v) is 17.4. The molecule has 6 heteroatoms. The highest BCUT2D eigenvalue weighted by Gasteiger charge is 2.42. The summed E-state index contributed by atoms with van der Waals surface area (Å²) in [4.78, 5) is 12.0. The van der Waals surface area contributed by atoms with E-state index in [0.717, 1.165) is 35.4 Å². The molecule has 0 saturated heterocycles. The van der Waals surface area contributed by atoms with Gasteiger partial charge >= 0.3 is 5.97 Å². The molecule has 0 spiro atoms. The first-order chi connectivity index (χ1) is 14.5. The van der Waals surface area contributed by atoms with Crippen molar-refractivity contribution in [2.45, 2.75) is 32.7 Å². The van der Waals surface area contributed by atoms with Gasteiger partial charge in [-0.3, -0.25) is 5.01 Å². The average molecular weight is 408 g/mol. The third-order valence-corrected chi connectivity index (χ3v) is 5.71. The molecule has 0 amide bonds. The molecule has 0 unspecified atom stereocenters. The molecule has 2 atom stereocenters. The molecule has 1 aliphatic heterocycles. The molecular weight excluding hydrogens is 383 g/mol. The standard InChI is InChI=1S/C24H25FN2O3/c1-4-30-22(28)13-15(2)27-24(16-5-8-18(25)9-6-16)21-11-7-17-14-19(29-3)10-12-20(17)23(21)26-27/h5-6,8-10,12-14,21,24H,4,7,11H2,1-3H3/b15-13+/t21-,24+/m1/s1. The van der Waals surface area contributed by atoms with Crippen molar-refractivity contribution >= 4 is 11.7 Å². The Balaban J connectivity index is 1.77. The highest BCUT2D eigenvalue weighted by atomic mass is 19.1. The van der Waals surface area contributed by atoms with Gasteiger partial charge in [0.15, 0.2) is 0 Å². The molecule has 0 aromatic heterocycles. The number of benzene rings is 2. The number of hydrogen-bond acceptors (Lipinski definition) is 5. The van der Waals surface area contributed by atoms with E-state index in [-0.39, 0.29) is 17.8 Å². The van der Waals surface area contributed by atoms with Crippen LogP contribution in [0.2, 0.25) is 0 Å². The minimum atomic E-state index is -0.395. The fourth-order valence-corrected chi connectivity index (χ4v) is 4.34. The summed E-state index contributed by atoms with van der Waals surface area (Å²) in [5.74, 6) is 0.301. The largest absolute Gasteiger partial charge is 0.497 e. The Morgan fingerprint density at radius 2 is 2.03 bits per heavy atom. The van der Waals surface area contributed by atoms with E-state index < -0.39 is 5.97 Å². The van der Waals surface area contributed by atoms with Gasteiger partial charge in [-0.05, 0) is 68.1 Å². The minimum absolute atomic E-state index is 0.110. The number of halogens is 1. The zero-order valence-electron chi connectivity index (χ0n) is 17.4. The van der Waals surface area contributed by atoms with Crippen LogP contribution >= 0.6 is 0 Å². The Hall–Kier alpha value is -3.15. The molecule has 0 radical (unpaired) electrons. The minimum Gasteiger partial charge on any atom is -0.497 e. The van der Waals surface area contributed by atoms with Crippen molar-refractivity contribution in [1.82, 2.24) is 5.01 Å². The highest BCUT2D eigenvalue weighted by molar-refractivity contribution is 6.06. The molecule has 2 aromatic rings. The summed E-state index contributed by atoms with van der Waals surface area (Å²) in [5.41, 5.74) is 4.96. The number of nitrogens with zero attached hydrogens (tertiary/aromatic N) is 2. The van der Waals surface area contributed by atoms with Crippen LogP contribution in [0.4, 0.5) is 4.39 Å². The Morgan fingerprint density at radius 3 is 2.73 bits per heavy atom. The van der Waals surface area contributed by atoms with Crippen molar-refractivity contribution in [2.75, 3.05) is 13.7 Å². The summed E-state index contributed by atoms with van der Waals surface area (Å²) in [6.45, 7) is 3.94. The lowest BCUT2D eigenvalue weighted by atomic mass is 9.77. The van der Waals surface area contributed by atoms with E-state index in [0.29, 0.717) is 12.3 Å². The van der Waals surface area contributed by atoms with Crippen LogP contribution in [-0.2, 0) is 16.0 Å². The van der Waals surface area contributed by atoms with Crippen molar-refractivity contribution in [2.24, 2.45) is 11.0 Å². The summed E-state index contributed by atoms with van der Waals surface area (Å²) in [6, 6.07) is 12.5. The average Bonchev–Trinajstić information content (AvgIpc) is 3.14. The van der Waals surface area contributed by atoms with Gasteiger partial charge in [0.05, 0.1) is 25.5 Å². The maximum atomic E-state index is 13.6.